The molecular formula is C21H23NO4S. The lowest BCUT2D eigenvalue weighted by atomic mass is 9.89. The highest BCUT2D eigenvalue weighted by Gasteiger charge is 2.42. The highest BCUT2D eigenvalue weighted by Crippen LogP contribution is 2.40. The molecule has 3 heterocycles. The molecule has 0 radical (unpaired) electrons. The van der Waals surface area contributed by atoms with Crippen molar-refractivity contribution >= 4 is 17.3 Å². The Morgan fingerprint density at radius 3 is 2.67 bits per heavy atom. The first-order chi connectivity index (χ1) is 13.1. The number of likely N-dealkylation sites (tertiary alicyclic amines) is 1. The Morgan fingerprint density at radius 2 is 2.00 bits per heavy atom. The van der Waals surface area contributed by atoms with E-state index in [1.165, 1.54) is 30.6 Å². The molecule has 142 valence electrons. The van der Waals surface area contributed by atoms with Crippen molar-refractivity contribution in [2.24, 2.45) is 0 Å². The maximum Gasteiger partial charge on any atom is 0.345 e. The summed E-state index contributed by atoms with van der Waals surface area (Å²) < 4.78 is 12.5. The van der Waals surface area contributed by atoms with Gasteiger partial charge in [-0.25, -0.2) is 4.79 Å². The first kappa shape index (κ1) is 17.2. The van der Waals surface area contributed by atoms with Crippen molar-refractivity contribution in [2.75, 3.05) is 13.1 Å². The summed E-state index contributed by atoms with van der Waals surface area (Å²) in [6, 6.07) is 8.57. The summed E-state index contributed by atoms with van der Waals surface area (Å²) in [5.74, 6) is -0.463. The highest BCUT2D eigenvalue weighted by molar-refractivity contribution is 7.12. The Kier molecular flexibility index (Phi) is 4.22. The number of piperidine rings is 1. The largest absolute Gasteiger partial charge is 0.477 e. The van der Waals surface area contributed by atoms with Gasteiger partial charge < -0.3 is 14.6 Å². The van der Waals surface area contributed by atoms with Gasteiger partial charge in [0, 0.05) is 37.5 Å². The van der Waals surface area contributed by atoms with Crippen LogP contribution in [0.4, 0.5) is 0 Å². The normalized spacial score (nSPS) is 22.1. The third-order valence-electron chi connectivity index (χ3n) is 6.14. The zero-order valence-electron chi connectivity index (χ0n) is 15.1. The predicted molar refractivity (Wildman–Crippen MR) is 103 cm³/mol. The average Bonchev–Trinajstić information content (AvgIpc) is 3.12. The summed E-state index contributed by atoms with van der Waals surface area (Å²) in [6.07, 6.45) is 5.88. The zero-order chi connectivity index (χ0) is 18.4. The summed E-state index contributed by atoms with van der Waals surface area (Å²) >= 11 is 1.25. The molecule has 1 N–H and O–H groups in total. The first-order valence-electron chi connectivity index (χ1n) is 9.64. The highest BCUT2D eigenvalue weighted by atomic mass is 32.1. The van der Waals surface area contributed by atoms with Crippen LogP contribution in [0.1, 0.15) is 47.3 Å². The number of hydrogen-bond donors (Lipinski definition) is 1. The summed E-state index contributed by atoms with van der Waals surface area (Å²) in [5, 5.41) is 11.0. The van der Waals surface area contributed by atoms with Crippen LogP contribution in [-0.2, 0) is 11.3 Å². The average molecular weight is 385 g/mol. The fourth-order valence-electron chi connectivity index (χ4n) is 4.24. The molecule has 5 rings (SSSR count). The number of aromatic carboxylic acids is 1. The van der Waals surface area contributed by atoms with Crippen LogP contribution in [0, 0.1) is 0 Å². The van der Waals surface area contributed by atoms with Gasteiger partial charge >= 0.3 is 5.97 Å². The van der Waals surface area contributed by atoms with Crippen molar-refractivity contribution in [3.8, 4) is 16.9 Å². The molecule has 1 spiro atoms. The number of hydrogen-bond acceptors (Lipinski definition) is 5. The molecule has 1 saturated carbocycles. The molecule has 2 aliphatic heterocycles. The number of carboxylic acid groups (broad SMARTS) is 1. The monoisotopic (exact) mass is 385 g/mol. The van der Waals surface area contributed by atoms with E-state index in [-0.39, 0.29) is 0 Å². The van der Waals surface area contributed by atoms with E-state index in [1.54, 1.807) is 6.07 Å². The fraction of sp³-hybridized carbons (Fsp3) is 0.476. The van der Waals surface area contributed by atoms with Crippen LogP contribution < -0.4 is 4.74 Å². The lowest BCUT2D eigenvalue weighted by Gasteiger charge is -2.47. The second kappa shape index (κ2) is 6.62. The summed E-state index contributed by atoms with van der Waals surface area (Å²) in [5.41, 5.74) is 2.96. The van der Waals surface area contributed by atoms with Crippen molar-refractivity contribution in [3.05, 3.63) is 40.1 Å². The van der Waals surface area contributed by atoms with E-state index in [2.05, 4.69) is 11.0 Å². The quantitative estimate of drug-likeness (QED) is 0.850. The lowest BCUT2D eigenvalue weighted by Crippen LogP contribution is -2.54. The molecular weight excluding hydrogens is 362 g/mol. The Hall–Kier alpha value is -1.89. The number of nitrogens with zero attached hydrogens (tertiary/aromatic N) is 1. The molecule has 1 saturated heterocycles. The van der Waals surface area contributed by atoms with Crippen LogP contribution >= 0.6 is 11.3 Å². The van der Waals surface area contributed by atoms with E-state index < -0.39 is 11.8 Å². The van der Waals surface area contributed by atoms with Crippen LogP contribution in [0.2, 0.25) is 0 Å². The van der Waals surface area contributed by atoms with E-state index in [0.29, 0.717) is 11.5 Å². The maximum absolute atomic E-state index is 11.1. The standard InChI is InChI=1S/C21H23NO4S/c23-20(24)19-11-16(13-27-19)14-4-5-18-15(10-14)12-25-21(26-18)6-8-22(9-7-21)17-2-1-3-17/h4-5,10-11,13,17H,1-3,6-9,12H2,(H,23,24). The number of fused-ring (bicyclic) bond motifs is 1. The Labute approximate surface area is 162 Å². The Bertz CT molecular complexity index is 865. The minimum Gasteiger partial charge on any atom is -0.477 e. The molecule has 1 aromatic heterocycles. The van der Waals surface area contributed by atoms with Gasteiger partial charge in [0.05, 0.1) is 6.61 Å². The SMILES string of the molecule is O=C(O)c1cc(-c2ccc3c(c2)COC2(CCN(C4CCC4)CC2)O3)cs1. The van der Waals surface area contributed by atoms with Crippen LogP contribution in [0.25, 0.3) is 11.1 Å². The zero-order valence-corrected chi connectivity index (χ0v) is 16.0. The van der Waals surface area contributed by atoms with Crippen molar-refractivity contribution in [1.82, 2.24) is 4.90 Å². The van der Waals surface area contributed by atoms with E-state index in [0.717, 1.165) is 54.4 Å². The fourth-order valence-corrected chi connectivity index (χ4v) is 4.99. The molecule has 5 nitrogen and oxygen atoms in total. The number of carboxylic acids is 1. The number of thiophene rings is 1. The van der Waals surface area contributed by atoms with Crippen molar-refractivity contribution in [1.29, 1.82) is 0 Å². The topological polar surface area (TPSA) is 59.0 Å². The number of carbonyl (C=O) groups is 1. The van der Waals surface area contributed by atoms with Crippen LogP contribution in [0.3, 0.4) is 0 Å². The summed E-state index contributed by atoms with van der Waals surface area (Å²) in [6.45, 7) is 2.64. The van der Waals surface area contributed by atoms with Crippen molar-refractivity contribution < 1.29 is 19.4 Å². The molecule has 0 unspecified atom stereocenters. The van der Waals surface area contributed by atoms with Gasteiger partial charge in [-0.05, 0) is 47.5 Å². The van der Waals surface area contributed by atoms with Crippen molar-refractivity contribution in [3.63, 3.8) is 0 Å². The molecule has 1 aromatic carbocycles. The summed E-state index contributed by atoms with van der Waals surface area (Å²) in [4.78, 5) is 14.1. The van der Waals surface area contributed by atoms with E-state index >= 15 is 0 Å². The Morgan fingerprint density at radius 1 is 1.19 bits per heavy atom. The molecule has 0 bridgehead atoms. The smallest absolute Gasteiger partial charge is 0.345 e. The van der Waals surface area contributed by atoms with Gasteiger partial charge in [-0.1, -0.05) is 12.5 Å². The lowest BCUT2D eigenvalue weighted by molar-refractivity contribution is -0.231. The molecule has 1 aliphatic carbocycles. The molecule has 3 aliphatic rings. The van der Waals surface area contributed by atoms with Gasteiger partial charge in [0.1, 0.15) is 10.6 Å². The second-order valence-corrected chi connectivity index (χ2v) is 8.66. The number of benzene rings is 1. The second-order valence-electron chi connectivity index (χ2n) is 7.75. The van der Waals surface area contributed by atoms with Crippen LogP contribution in [0.5, 0.6) is 5.75 Å². The third kappa shape index (κ3) is 3.16. The molecule has 0 amide bonds. The van der Waals surface area contributed by atoms with Gasteiger partial charge in [-0.15, -0.1) is 11.3 Å². The maximum atomic E-state index is 11.1. The molecule has 2 fully saturated rings. The molecule has 0 atom stereocenters. The number of ether oxygens (including phenoxy) is 2. The summed E-state index contributed by atoms with van der Waals surface area (Å²) in [7, 11) is 0. The van der Waals surface area contributed by atoms with Gasteiger partial charge in [0.25, 0.3) is 0 Å². The first-order valence-corrected chi connectivity index (χ1v) is 10.5. The van der Waals surface area contributed by atoms with Gasteiger partial charge in [0.2, 0.25) is 5.79 Å². The van der Waals surface area contributed by atoms with Gasteiger partial charge in [-0.2, -0.15) is 0 Å². The number of rotatable bonds is 3. The molecule has 2 aromatic rings. The van der Waals surface area contributed by atoms with E-state index in [1.807, 2.05) is 17.5 Å². The van der Waals surface area contributed by atoms with E-state index in [4.69, 9.17) is 14.6 Å². The third-order valence-corrected chi connectivity index (χ3v) is 7.06. The minimum atomic E-state index is -0.883. The van der Waals surface area contributed by atoms with Gasteiger partial charge in [-0.3, -0.25) is 4.90 Å². The van der Waals surface area contributed by atoms with E-state index in [9.17, 15) is 4.79 Å². The Balaban J connectivity index is 1.31. The van der Waals surface area contributed by atoms with Crippen molar-refractivity contribution in [2.45, 2.75) is 50.5 Å². The molecule has 27 heavy (non-hydrogen) atoms. The van der Waals surface area contributed by atoms with Gasteiger partial charge in [0.15, 0.2) is 0 Å². The predicted octanol–water partition coefficient (Wildman–Crippen LogP) is 4.37. The van der Waals surface area contributed by atoms with Crippen LogP contribution in [0.15, 0.2) is 29.6 Å². The minimum absolute atomic E-state index is 0.354. The van der Waals surface area contributed by atoms with Crippen LogP contribution in [-0.4, -0.2) is 40.9 Å². The molecule has 6 heteroatoms.